The van der Waals surface area contributed by atoms with E-state index in [1.54, 1.807) is 0 Å². The molecule has 0 fully saturated rings. The average Bonchev–Trinajstić information content (AvgIpc) is 2.90. The van der Waals surface area contributed by atoms with E-state index in [0.29, 0.717) is 12.2 Å². The van der Waals surface area contributed by atoms with Gasteiger partial charge in [-0.25, -0.2) is 14.9 Å². The topological polar surface area (TPSA) is 86.5 Å². The Kier molecular flexibility index (Phi) is 4.01. The van der Waals surface area contributed by atoms with Crippen LogP contribution in [0, 0.1) is 0 Å². The minimum Gasteiger partial charge on any atom is -0.370 e. The van der Waals surface area contributed by atoms with Gasteiger partial charge in [0.2, 0.25) is 0 Å². The van der Waals surface area contributed by atoms with Crippen molar-refractivity contribution in [2.24, 2.45) is 0 Å². The third-order valence-electron chi connectivity index (χ3n) is 3.12. The van der Waals surface area contributed by atoms with Gasteiger partial charge in [-0.05, 0) is 40.5 Å². The summed E-state index contributed by atoms with van der Waals surface area (Å²) in [6, 6.07) is 10.0. The minimum absolute atomic E-state index is 0.265. The molecule has 3 aromatic rings. The average molecular weight is 348 g/mol. The lowest BCUT2D eigenvalue weighted by Crippen LogP contribution is -2.06. The van der Waals surface area contributed by atoms with Crippen LogP contribution in [0.5, 0.6) is 0 Å². The molecule has 0 spiro atoms. The first-order valence-electron chi connectivity index (χ1n) is 6.65. The van der Waals surface area contributed by atoms with Gasteiger partial charge in [0.05, 0.1) is 5.52 Å². The summed E-state index contributed by atoms with van der Waals surface area (Å²) in [6.45, 7) is 0.762. The van der Waals surface area contributed by atoms with Crippen LogP contribution in [-0.2, 0) is 6.42 Å². The summed E-state index contributed by atoms with van der Waals surface area (Å²) >= 11 is 3.51. The SMILES string of the molecule is O=c1[nH]nc(CCCNc2ccc3cccc(Br)c3n2)[nH]1. The van der Waals surface area contributed by atoms with E-state index in [9.17, 15) is 4.79 Å². The number of benzene rings is 1. The molecule has 108 valence electrons. The van der Waals surface area contributed by atoms with Crippen LogP contribution in [0.3, 0.4) is 0 Å². The second-order valence-electron chi connectivity index (χ2n) is 4.66. The molecule has 0 saturated carbocycles. The molecular formula is C14H14BrN5O. The van der Waals surface area contributed by atoms with Gasteiger partial charge in [0, 0.05) is 22.8 Å². The van der Waals surface area contributed by atoms with Crippen molar-refractivity contribution in [2.45, 2.75) is 12.8 Å². The molecule has 0 amide bonds. The number of aromatic amines is 2. The highest BCUT2D eigenvalue weighted by atomic mass is 79.9. The zero-order valence-corrected chi connectivity index (χ0v) is 12.8. The van der Waals surface area contributed by atoms with Gasteiger partial charge in [0.1, 0.15) is 11.6 Å². The van der Waals surface area contributed by atoms with E-state index in [0.717, 1.165) is 34.2 Å². The van der Waals surface area contributed by atoms with Crippen molar-refractivity contribution in [3.8, 4) is 0 Å². The van der Waals surface area contributed by atoms with E-state index in [1.165, 1.54) is 0 Å². The first kappa shape index (κ1) is 13.8. The van der Waals surface area contributed by atoms with Gasteiger partial charge in [-0.15, -0.1) is 0 Å². The lowest BCUT2D eigenvalue weighted by atomic mass is 10.2. The number of pyridine rings is 1. The Bertz CT molecular complexity index is 810. The van der Waals surface area contributed by atoms with Gasteiger partial charge in [0.25, 0.3) is 0 Å². The van der Waals surface area contributed by atoms with Gasteiger partial charge in [0.15, 0.2) is 0 Å². The second-order valence-corrected chi connectivity index (χ2v) is 5.52. The van der Waals surface area contributed by atoms with Crippen LogP contribution >= 0.6 is 15.9 Å². The molecule has 0 unspecified atom stereocenters. The third kappa shape index (κ3) is 3.30. The zero-order chi connectivity index (χ0) is 14.7. The number of nitrogens with zero attached hydrogens (tertiary/aromatic N) is 2. The predicted molar refractivity (Wildman–Crippen MR) is 85.5 cm³/mol. The molecule has 0 aliphatic heterocycles. The number of hydrogen-bond donors (Lipinski definition) is 3. The van der Waals surface area contributed by atoms with E-state index in [1.807, 2.05) is 30.3 Å². The van der Waals surface area contributed by atoms with Crippen LogP contribution in [0.2, 0.25) is 0 Å². The smallest absolute Gasteiger partial charge is 0.340 e. The van der Waals surface area contributed by atoms with Crippen molar-refractivity contribution >= 4 is 32.7 Å². The number of halogens is 1. The maximum Gasteiger partial charge on any atom is 0.340 e. The number of anilines is 1. The van der Waals surface area contributed by atoms with E-state index >= 15 is 0 Å². The summed E-state index contributed by atoms with van der Waals surface area (Å²) in [5.74, 6) is 1.51. The fraction of sp³-hybridized carbons (Fsp3) is 0.214. The fourth-order valence-electron chi connectivity index (χ4n) is 2.11. The molecule has 0 aliphatic rings. The number of para-hydroxylation sites is 1. The largest absolute Gasteiger partial charge is 0.370 e. The molecule has 3 rings (SSSR count). The van der Waals surface area contributed by atoms with Crippen molar-refractivity contribution in [3.05, 3.63) is 51.1 Å². The summed E-state index contributed by atoms with van der Waals surface area (Å²) in [5.41, 5.74) is 0.679. The van der Waals surface area contributed by atoms with Crippen molar-refractivity contribution in [1.82, 2.24) is 20.2 Å². The summed E-state index contributed by atoms with van der Waals surface area (Å²) < 4.78 is 0.984. The molecule has 0 aliphatic carbocycles. The zero-order valence-electron chi connectivity index (χ0n) is 11.2. The lowest BCUT2D eigenvalue weighted by Gasteiger charge is -2.07. The highest BCUT2D eigenvalue weighted by Gasteiger charge is 2.02. The standard InChI is InChI=1S/C14H14BrN5O/c15-10-4-1-3-9-6-7-11(17-13(9)10)16-8-2-5-12-18-14(21)20-19-12/h1,3-4,6-7H,2,5,8H2,(H,16,17)(H2,18,19,20,21). The molecule has 1 aromatic carbocycles. The van der Waals surface area contributed by atoms with Crippen molar-refractivity contribution in [1.29, 1.82) is 0 Å². The molecule has 2 aromatic heterocycles. The van der Waals surface area contributed by atoms with Crippen LogP contribution in [0.4, 0.5) is 5.82 Å². The van der Waals surface area contributed by atoms with Gasteiger partial charge in [-0.3, -0.25) is 4.98 Å². The van der Waals surface area contributed by atoms with E-state index in [-0.39, 0.29) is 5.69 Å². The fourth-order valence-corrected chi connectivity index (χ4v) is 2.58. The highest BCUT2D eigenvalue weighted by Crippen LogP contribution is 2.23. The van der Waals surface area contributed by atoms with Gasteiger partial charge < -0.3 is 5.32 Å². The summed E-state index contributed by atoms with van der Waals surface area (Å²) in [5, 5.41) is 10.6. The lowest BCUT2D eigenvalue weighted by molar-refractivity contribution is 0.804. The highest BCUT2D eigenvalue weighted by molar-refractivity contribution is 9.10. The predicted octanol–water partition coefficient (Wildman–Crippen LogP) is 2.45. The molecule has 0 saturated heterocycles. The Labute approximate surface area is 129 Å². The minimum atomic E-state index is -0.265. The van der Waals surface area contributed by atoms with Crippen LogP contribution in [0.25, 0.3) is 10.9 Å². The molecule has 21 heavy (non-hydrogen) atoms. The van der Waals surface area contributed by atoms with Crippen LogP contribution < -0.4 is 11.0 Å². The molecule has 0 bridgehead atoms. The van der Waals surface area contributed by atoms with Crippen LogP contribution in [0.15, 0.2) is 39.6 Å². The van der Waals surface area contributed by atoms with Crippen molar-refractivity contribution in [2.75, 3.05) is 11.9 Å². The van der Waals surface area contributed by atoms with E-state index < -0.39 is 0 Å². The van der Waals surface area contributed by atoms with E-state index in [2.05, 4.69) is 41.4 Å². The summed E-state index contributed by atoms with van der Waals surface area (Å²) in [7, 11) is 0. The number of hydrogen-bond acceptors (Lipinski definition) is 4. The number of fused-ring (bicyclic) bond motifs is 1. The number of aromatic nitrogens is 4. The monoisotopic (exact) mass is 347 g/mol. The Morgan fingerprint density at radius 2 is 2.14 bits per heavy atom. The molecule has 2 heterocycles. The van der Waals surface area contributed by atoms with E-state index in [4.69, 9.17) is 0 Å². The van der Waals surface area contributed by atoms with Crippen molar-refractivity contribution in [3.63, 3.8) is 0 Å². The maximum atomic E-state index is 10.9. The van der Waals surface area contributed by atoms with Gasteiger partial charge >= 0.3 is 5.69 Å². The Morgan fingerprint density at radius 1 is 1.24 bits per heavy atom. The van der Waals surface area contributed by atoms with Crippen molar-refractivity contribution < 1.29 is 0 Å². The molecular weight excluding hydrogens is 334 g/mol. The number of rotatable bonds is 5. The quantitative estimate of drug-likeness (QED) is 0.618. The van der Waals surface area contributed by atoms with Crippen LogP contribution in [-0.4, -0.2) is 26.7 Å². The summed E-state index contributed by atoms with van der Waals surface area (Å²) in [6.07, 6.45) is 1.57. The molecule has 6 nitrogen and oxygen atoms in total. The van der Waals surface area contributed by atoms with Crippen LogP contribution in [0.1, 0.15) is 12.2 Å². The van der Waals surface area contributed by atoms with Gasteiger partial charge in [-0.1, -0.05) is 12.1 Å². The summed E-state index contributed by atoms with van der Waals surface area (Å²) in [4.78, 5) is 18.1. The Hall–Kier alpha value is -2.15. The third-order valence-corrected chi connectivity index (χ3v) is 3.76. The first-order valence-corrected chi connectivity index (χ1v) is 7.44. The molecule has 3 N–H and O–H groups in total. The molecule has 0 atom stereocenters. The first-order chi connectivity index (χ1) is 10.2. The Balaban J connectivity index is 1.60. The molecule has 7 heteroatoms. The second kappa shape index (κ2) is 6.09. The number of aryl methyl sites for hydroxylation is 1. The normalized spacial score (nSPS) is 10.9. The maximum absolute atomic E-state index is 10.9. The number of nitrogens with one attached hydrogen (secondary N) is 3. The number of H-pyrrole nitrogens is 2. The molecule has 0 radical (unpaired) electrons. The Morgan fingerprint density at radius 3 is 2.95 bits per heavy atom. The van der Waals surface area contributed by atoms with Gasteiger partial charge in [-0.2, -0.15) is 5.10 Å².